The van der Waals surface area contributed by atoms with Crippen LogP contribution in [0, 0.1) is 6.92 Å². The van der Waals surface area contributed by atoms with Gasteiger partial charge in [0.15, 0.2) is 0 Å². The first-order valence-electron chi connectivity index (χ1n) is 5.05. The van der Waals surface area contributed by atoms with Gasteiger partial charge in [-0.15, -0.1) is 0 Å². The molecule has 1 saturated heterocycles. The summed E-state index contributed by atoms with van der Waals surface area (Å²) in [6, 6.07) is 0.429. The van der Waals surface area contributed by atoms with Crippen molar-refractivity contribution in [1.29, 1.82) is 0 Å². The molecule has 1 aromatic heterocycles. The lowest BCUT2D eigenvalue weighted by Gasteiger charge is -2.11. The van der Waals surface area contributed by atoms with Gasteiger partial charge in [0.25, 0.3) is 0 Å². The molecular weight excluding hydrogens is 178 g/mol. The van der Waals surface area contributed by atoms with E-state index in [2.05, 4.69) is 10.4 Å². The molecule has 0 radical (unpaired) electrons. The van der Waals surface area contributed by atoms with Gasteiger partial charge in [0.1, 0.15) is 0 Å². The van der Waals surface area contributed by atoms with Gasteiger partial charge in [-0.3, -0.25) is 0 Å². The highest BCUT2D eigenvalue weighted by Gasteiger charge is 2.25. The van der Waals surface area contributed by atoms with E-state index in [1.165, 1.54) is 18.4 Å². The molecule has 4 heteroatoms. The minimum Gasteiger partial charge on any atom is -0.481 e. The summed E-state index contributed by atoms with van der Waals surface area (Å²) in [5, 5.41) is 7.85. The van der Waals surface area contributed by atoms with Crippen LogP contribution in [0.4, 0.5) is 0 Å². The van der Waals surface area contributed by atoms with E-state index in [0.29, 0.717) is 6.04 Å². The van der Waals surface area contributed by atoms with Crippen LogP contribution in [-0.4, -0.2) is 23.4 Å². The van der Waals surface area contributed by atoms with E-state index in [4.69, 9.17) is 4.74 Å². The van der Waals surface area contributed by atoms with Gasteiger partial charge in [0, 0.05) is 13.1 Å². The lowest BCUT2D eigenvalue weighted by Crippen LogP contribution is -2.14. The molecular formula is C10H17N3O. The van der Waals surface area contributed by atoms with Crippen LogP contribution in [0.25, 0.3) is 0 Å². The van der Waals surface area contributed by atoms with Crippen LogP contribution in [0.2, 0.25) is 0 Å². The summed E-state index contributed by atoms with van der Waals surface area (Å²) >= 11 is 0. The molecule has 4 nitrogen and oxygen atoms in total. The summed E-state index contributed by atoms with van der Waals surface area (Å²) in [4.78, 5) is 0. The highest BCUT2D eigenvalue weighted by Crippen LogP contribution is 2.32. The minimum absolute atomic E-state index is 0.429. The molecule has 0 unspecified atom stereocenters. The molecule has 1 aromatic rings. The SMILES string of the molecule is COc1c([C@@H]2CCCN2)c(C)nn1C. The first-order chi connectivity index (χ1) is 6.74. The molecule has 1 aliphatic rings. The molecule has 0 spiro atoms. The van der Waals surface area contributed by atoms with E-state index < -0.39 is 0 Å². The fourth-order valence-electron chi connectivity index (χ4n) is 2.23. The van der Waals surface area contributed by atoms with Crippen molar-refractivity contribution in [2.75, 3.05) is 13.7 Å². The van der Waals surface area contributed by atoms with Crippen molar-refractivity contribution < 1.29 is 4.74 Å². The summed E-state index contributed by atoms with van der Waals surface area (Å²) < 4.78 is 7.18. The quantitative estimate of drug-likeness (QED) is 0.769. The molecule has 2 rings (SSSR count). The zero-order valence-electron chi connectivity index (χ0n) is 9.00. The Hall–Kier alpha value is -1.03. The molecule has 1 atom stereocenters. The summed E-state index contributed by atoms with van der Waals surface area (Å²) in [5.74, 6) is 0.891. The van der Waals surface area contributed by atoms with Crippen LogP contribution in [0.3, 0.4) is 0 Å². The van der Waals surface area contributed by atoms with Crippen molar-refractivity contribution in [2.24, 2.45) is 7.05 Å². The number of rotatable bonds is 2. The average molecular weight is 195 g/mol. The fourth-order valence-corrected chi connectivity index (χ4v) is 2.23. The molecule has 78 valence electrons. The van der Waals surface area contributed by atoms with Gasteiger partial charge in [0.2, 0.25) is 5.88 Å². The summed E-state index contributed by atoms with van der Waals surface area (Å²) in [5.41, 5.74) is 2.30. The van der Waals surface area contributed by atoms with E-state index in [0.717, 1.165) is 18.1 Å². The number of nitrogens with zero attached hydrogens (tertiary/aromatic N) is 2. The van der Waals surface area contributed by atoms with Crippen molar-refractivity contribution in [1.82, 2.24) is 15.1 Å². The third kappa shape index (κ3) is 1.39. The Bertz CT molecular complexity index is 326. The number of nitrogens with one attached hydrogen (secondary N) is 1. The molecule has 0 saturated carbocycles. The Kier molecular flexibility index (Phi) is 2.46. The van der Waals surface area contributed by atoms with Gasteiger partial charge in [0.05, 0.1) is 18.4 Å². The number of methoxy groups -OCH3 is 1. The van der Waals surface area contributed by atoms with Crippen LogP contribution in [0.15, 0.2) is 0 Å². The van der Waals surface area contributed by atoms with E-state index in [1.54, 1.807) is 7.11 Å². The first kappa shape index (κ1) is 9.52. The highest BCUT2D eigenvalue weighted by molar-refractivity contribution is 5.34. The molecule has 1 fully saturated rings. The number of ether oxygens (including phenoxy) is 1. The van der Waals surface area contributed by atoms with Crippen LogP contribution in [-0.2, 0) is 7.05 Å². The van der Waals surface area contributed by atoms with Gasteiger partial charge in [-0.05, 0) is 26.3 Å². The van der Waals surface area contributed by atoms with Crippen LogP contribution >= 0.6 is 0 Å². The molecule has 0 bridgehead atoms. The predicted molar refractivity (Wildman–Crippen MR) is 54.5 cm³/mol. The molecule has 14 heavy (non-hydrogen) atoms. The second-order valence-corrected chi connectivity index (χ2v) is 3.78. The molecule has 2 heterocycles. The third-order valence-electron chi connectivity index (χ3n) is 2.82. The lowest BCUT2D eigenvalue weighted by molar-refractivity contribution is 0.365. The normalized spacial score (nSPS) is 21.5. The summed E-state index contributed by atoms with van der Waals surface area (Å²) in [6.07, 6.45) is 2.42. The minimum atomic E-state index is 0.429. The smallest absolute Gasteiger partial charge is 0.216 e. The van der Waals surface area contributed by atoms with Gasteiger partial charge < -0.3 is 10.1 Å². The zero-order valence-corrected chi connectivity index (χ0v) is 9.00. The van der Waals surface area contributed by atoms with Crippen LogP contribution < -0.4 is 10.1 Å². The monoisotopic (exact) mass is 195 g/mol. The third-order valence-corrected chi connectivity index (χ3v) is 2.82. The maximum Gasteiger partial charge on any atom is 0.216 e. The van der Waals surface area contributed by atoms with Crippen molar-refractivity contribution >= 4 is 0 Å². The van der Waals surface area contributed by atoms with E-state index >= 15 is 0 Å². The Morgan fingerprint density at radius 2 is 2.36 bits per heavy atom. The van der Waals surface area contributed by atoms with E-state index in [-0.39, 0.29) is 0 Å². The van der Waals surface area contributed by atoms with Crippen LogP contribution in [0.5, 0.6) is 5.88 Å². The Morgan fingerprint density at radius 1 is 1.57 bits per heavy atom. The van der Waals surface area contributed by atoms with Crippen molar-refractivity contribution in [3.63, 3.8) is 0 Å². The van der Waals surface area contributed by atoms with Gasteiger partial charge in [-0.2, -0.15) is 5.10 Å². The second kappa shape index (κ2) is 3.61. The topological polar surface area (TPSA) is 39.1 Å². The largest absolute Gasteiger partial charge is 0.481 e. The van der Waals surface area contributed by atoms with Crippen molar-refractivity contribution in [3.05, 3.63) is 11.3 Å². The van der Waals surface area contributed by atoms with Gasteiger partial charge in [-0.25, -0.2) is 4.68 Å². The molecule has 0 aliphatic carbocycles. The van der Waals surface area contributed by atoms with Crippen LogP contribution in [0.1, 0.15) is 30.1 Å². The Balaban J connectivity index is 2.38. The zero-order chi connectivity index (χ0) is 10.1. The Labute approximate surface area is 84.3 Å². The predicted octanol–water partition coefficient (Wildman–Crippen LogP) is 1.16. The fraction of sp³-hybridized carbons (Fsp3) is 0.700. The van der Waals surface area contributed by atoms with E-state index in [9.17, 15) is 0 Å². The van der Waals surface area contributed by atoms with Gasteiger partial charge in [-0.1, -0.05) is 0 Å². The van der Waals surface area contributed by atoms with E-state index in [1.807, 2.05) is 18.7 Å². The number of hydrogen-bond donors (Lipinski definition) is 1. The molecule has 0 aromatic carbocycles. The Morgan fingerprint density at radius 3 is 2.93 bits per heavy atom. The van der Waals surface area contributed by atoms with Gasteiger partial charge >= 0.3 is 0 Å². The number of aryl methyl sites for hydroxylation is 2. The second-order valence-electron chi connectivity index (χ2n) is 3.78. The van der Waals surface area contributed by atoms with Crippen molar-refractivity contribution in [2.45, 2.75) is 25.8 Å². The molecule has 0 amide bonds. The summed E-state index contributed by atoms with van der Waals surface area (Å²) in [6.45, 7) is 3.14. The maximum absolute atomic E-state index is 5.37. The average Bonchev–Trinajstić information content (AvgIpc) is 2.72. The number of aromatic nitrogens is 2. The highest BCUT2D eigenvalue weighted by atomic mass is 16.5. The molecule has 1 aliphatic heterocycles. The summed E-state index contributed by atoms with van der Waals surface area (Å²) in [7, 11) is 3.62. The maximum atomic E-state index is 5.37. The number of hydrogen-bond acceptors (Lipinski definition) is 3. The first-order valence-corrected chi connectivity index (χ1v) is 5.05. The molecule has 1 N–H and O–H groups in total. The standard InChI is InChI=1S/C10H17N3O/c1-7-9(8-5-4-6-11-8)10(14-3)13(2)12-7/h8,11H,4-6H2,1-3H3/t8-/m0/s1. The van der Waals surface area contributed by atoms with Crippen molar-refractivity contribution in [3.8, 4) is 5.88 Å². The lowest BCUT2D eigenvalue weighted by atomic mass is 10.1.